The Morgan fingerprint density at radius 1 is 0.640 bits per heavy atom. The molecule has 0 saturated carbocycles. The molecule has 0 aliphatic heterocycles. The maximum absolute atomic E-state index is 13.2. The van der Waals surface area contributed by atoms with Gasteiger partial charge in [-0.2, -0.15) is 0 Å². The number of carbonyl (C=O) groups is 1. The van der Waals surface area contributed by atoms with Crippen molar-refractivity contribution >= 4 is 16.9 Å². The van der Waals surface area contributed by atoms with E-state index in [0.717, 1.165) is 22.3 Å². The fraction of sp³-hybridized carbons (Fsp3) is 0.125. The topological polar surface area (TPSA) is 17.1 Å². The van der Waals surface area contributed by atoms with Crippen LogP contribution in [0.15, 0.2) is 91.0 Å². The van der Waals surface area contributed by atoms with Gasteiger partial charge in [-0.1, -0.05) is 97.9 Å². The Morgan fingerprint density at radius 3 is 1.68 bits per heavy atom. The van der Waals surface area contributed by atoms with Crippen molar-refractivity contribution in [1.29, 1.82) is 0 Å². The van der Waals surface area contributed by atoms with E-state index in [1.165, 1.54) is 5.56 Å². The van der Waals surface area contributed by atoms with Crippen LogP contribution in [0.1, 0.15) is 29.5 Å². The van der Waals surface area contributed by atoms with E-state index in [-0.39, 0.29) is 17.6 Å². The van der Waals surface area contributed by atoms with Gasteiger partial charge in [0.1, 0.15) is 0 Å². The van der Waals surface area contributed by atoms with Crippen molar-refractivity contribution in [1.82, 2.24) is 0 Å². The molecule has 0 N–H and O–H groups in total. The van der Waals surface area contributed by atoms with Crippen LogP contribution in [0.3, 0.4) is 0 Å². The van der Waals surface area contributed by atoms with Gasteiger partial charge in [-0.05, 0) is 22.3 Å². The maximum atomic E-state index is 13.2. The van der Waals surface area contributed by atoms with Gasteiger partial charge in [-0.15, -0.1) is 0 Å². The molecule has 3 aromatic carbocycles. The zero-order valence-electron chi connectivity index (χ0n) is 14.2. The van der Waals surface area contributed by atoms with Crippen molar-refractivity contribution in [3.63, 3.8) is 0 Å². The lowest BCUT2D eigenvalue weighted by molar-refractivity contribution is -0.116. The van der Waals surface area contributed by atoms with Gasteiger partial charge in [-0.25, -0.2) is 0 Å². The molecule has 1 aliphatic rings. The predicted molar refractivity (Wildman–Crippen MR) is 103 cm³/mol. The summed E-state index contributed by atoms with van der Waals surface area (Å²) in [4.78, 5) is 13.2. The molecule has 0 radical (unpaired) electrons. The number of carbonyl (C=O) groups excluding carboxylic acids is 1. The van der Waals surface area contributed by atoms with Crippen molar-refractivity contribution in [2.24, 2.45) is 5.92 Å². The van der Waals surface area contributed by atoms with Crippen molar-refractivity contribution in [3.05, 3.63) is 108 Å². The number of hydrogen-bond acceptors (Lipinski definition) is 1. The quantitative estimate of drug-likeness (QED) is 0.613. The van der Waals surface area contributed by atoms with Gasteiger partial charge in [0.15, 0.2) is 5.78 Å². The summed E-state index contributed by atoms with van der Waals surface area (Å²) >= 11 is 0. The number of benzene rings is 3. The third-order valence-corrected chi connectivity index (χ3v) is 5.05. The van der Waals surface area contributed by atoms with Gasteiger partial charge in [0.2, 0.25) is 0 Å². The Morgan fingerprint density at radius 2 is 1.12 bits per heavy atom. The molecule has 3 aromatic rings. The average Bonchev–Trinajstić information content (AvgIpc) is 2.95. The lowest BCUT2D eigenvalue weighted by atomic mass is 9.83. The van der Waals surface area contributed by atoms with Crippen LogP contribution in [0, 0.1) is 5.92 Å². The molecule has 1 nitrogen and oxygen atoms in total. The van der Waals surface area contributed by atoms with Crippen LogP contribution in [0.25, 0.3) is 11.1 Å². The average molecular weight is 324 g/mol. The molecule has 2 atom stereocenters. The van der Waals surface area contributed by atoms with Crippen LogP contribution in [0.4, 0.5) is 0 Å². The minimum atomic E-state index is -0.0622. The standard InChI is InChI=1S/C24H20O/c1-17-21(18-11-5-2-6-12-18)22(19-13-7-3-8-14-19)23(24(17)25)20-15-9-4-10-16-20/h2-17,21H,1H3/t17-,21-/m0/s1. The summed E-state index contributed by atoms with van der Waals surface area (Å²) in [6, 6.07) is 30.8. The first-order valence-electron chi connectivity index (χ1n) is 8.71. The lowest BCUT2D eigenvalue weighted by Gasteiger charge is -2.20. The number of Topliss-reactive ketones (excluding diaryl/α,β-unsaturated/α-hetero) is 1. The molecule has 1 aliphatic carbocycles. The Kier molecular flexibility index (Phi) is 4.07. The molecule has 122 valence electrons. The highest BCUT2D eigenvalue weighted by atomic mass is 16.1. The van der Waals surface area contributed by atoms with Crippen LogP contribution in [-0.2, 0) is 4.79 Å². The van der Waals surface area contributed by atoms with Gasteiger partial charge >= 0.3 is 0 Å². The van der Waals surface area contributed by atoms with Crippen molar-refractivity contribution in [2.75, 3.05) is 0 Å². The van der Waals surface area contributed by atoms with Crippen LogP contribution in [0.2, 0.25) is 0 Å². The molecule has 0 heterocycles. The minimum absolute atomic E-state index is 0.0622. The highest BCUT2D eigenvalue weighted by Crippen LogP contribution is 2.49. The van der Waals surface area contributed by atoms with E-state index < -0.39 is 0 Å². The van der Waals surface area contributed by atoms with E-state index in [9.17, 15) is 4.79 Å². The van der Waals surface area contributed by atoms with Crippen molar-refractivity contribution in [3.8, 4) is 0 Å². The molecular formula is C24H20O. The Bertz CT molecular complexity index is 908. The fourth-order valence-electron chi connectivity index (χ4n) is 3.88. The highest BCUT2D eigenvalue weighted by molar-refractivity contribution is 6.33. The third-order valence-electron chi connectivity index (χ3n) is 5.05. The zero-order chi connectivity index (χ0) is 17.2. The van der Waals surface area contributed by atoms with E-state index in [1.54, 1.807) is 0 Å². The molecular weight excluding hydrogens is 304 g/mol. The van der Waals surface area contributed by atoms with E-state index >= 15 is 0 Å². The monoisotopic (exact) mass is 324 g/mol. The smallest absolute Gasteiger partial charge is 0.167 e. The van der Waals surface area contributed by atoms with Crippen molar-refractivity contribution < 1.29 is 4.79 Å². The first kappa shape index (κ1) is 15.6. The predicted octanol–water partition coefficient (Wildman–Crippen LogP) is 5.60. The minimum Gasteiger partial charge on any atom is -0.294 e. The zero-order valence-corrected chi connectivity index (χ0v) is 14.2. The second-order valence-electron chi connectivity index (χ2n) is 6.56. The highest BCUT2D eigenvalue weighted by Gasteiger charge is 2.40. The second-order valence-corrected chi connectivity index (χ2v) is 6.56. The molecule has 0 aromatic heterocycles. The first-order valence-corrected chi connectivity index (χ1v) is 8.71. The Balaban J connectivity index is 1.99. The molecule has 25 heavy (non-hydrogen) atoms. The SMILES string of the molecule is C[C@@H]1C(=O)C(c2ccccc2)=C(c2ccccc2)[C@@H]1c1ccccc1. The molecule has 0 spiro atoms. The van der Waals surface area contributed by atoms with Gasteiger partial charge in [0.05, 0.1) is 0 Å². The largest absolute Gasteiger partial charge is 0.294 e. The number of allylic oxidation sites excluding steroid dienone is 2. The van der Waals surface area contributed by atoms with Gasteiger partial charge in [0, 0.05) is 17.4 Å². The number of hydrogen-bond donors (Lipinski definition) is 0. The molecule has 0 saturated heterocycles. The maximum Gasteiger partial charge on any atom is 0.167 e. The van der Waals surface area contributed by atoms with Gasteiger partial charge < -0.3 is 0 Å². The molecule has 4 rings (SSSR count). The van der Waals surface area contributed by atoms with E-state index in [4.69, 9.17) is 0 Å². The van der Waals surface area contributed by atoms with Crippen molar-refractivity contribution in [2.45, 2.75) is 12.8 Å². The second kappa shape index (κ2) is 6.52. The number of rotatable bonds is 3. The van der Waals surface area contributed by atoms with E-state index in [1.807, 2.05) is 54.6 Å². The van der Waals surface area contributed by atoms with Gasteiger partial charge in [0.25, 0.3) is 0 Å². The summed E-state index contributed by atoms with van der Waals surface area (Å²) < 4.78 is 0. The Hall–Kier alpha value is -2.93. The molecule has 0 bridgehead atoms. The third kappa shape index (κ3) is 2.72. The molecule has 0 fully saturated rings. The first-order chi connectivity index (χ1) is 12.3. The van der Waals surface area contributed by atoms with Crippen LogP contribution < -0.4 is 0 Å². The number of ketones is 1. The molecule has 0 amide bonds. The lowest BCUT2D eigenvalue weighted by Crippen LogP contribution is -2.12. The summed E-state index contributed by atoms with van der Waals surface area (Å²) in [5.74, 6) is 0.262. The molecule has 1 heteroatoms. The fourth-order valence-corrected chi connectivity index (χ4v) is 3.88. The summed E-state index contributed by atoms with van der Waals surface area (Å²) in [7, 11) is 0. The van der Waals surface area contributed by atoms with E-state index in [0.29, 0.717) is 0 Å². The van der Waals surface area contributed by atoms with E-state index in [2.05, 4.69) is 43.3 Å². The summed E-state index contributed by atoms with van der Waals surface area (Å²) in [6.45, 7) is 2.05. The van der Waals surface area contributed by atoms with Gasteiger partial charge in [-0.3, -0.25) is 4.79 Å². The normalized spacial score (nSPS) is 20.1. The molecule has 0 unspecified atom stereocenters. The van der Waals surface area contributed by atoms with Crippen LogP contribution in [-0.4, -0.2) is 5.78 Å². The van der Waals surface area contributed by atoms with Crippen LogP contribution in [0.5, 0.6) is 0 Å². The summed E-state index contributed by atoms with van der Waals surface area (Å²) in [6.07, 6.45) is 0. The summed E-state index contributed by atoms with van der Waals surface area (Å²) in [5, 5.41) is 0. The summed E-state index contributed by atoms with van der Waals surface area (Å²) in [5.41, 5.74) is 5.36. The van der Waals surface area contributed by atoms with Crippen LogP contribution >= 0.6 is 0 Å². The Labute approximate surface area is 148 Å².